The van der Waals surface area contributed by atoms with E-state index < -0.39 is 11.3 Å². The van der Waals surface area contributed by atoms with Crippen LogP contribution in [0.4, 0.5) is 17.3 Å². The average Bonchev–Trinajstić information content (AvgIpc) is 2.91. The maximum atomic E-state index is 11.5. The number of aromatic nitrogens is 2. The number of hydrogen-bond acceptors (Lipinski definition) is 6. The molecule has 1 atom stereocenters. The van der Waals surface area contributed by atoms with Crippen molar-refractivity contribution >= 4 is 46.0 Å². The normalized spacial score (nSPS) is 16.0. The van der Waals surface area contributed by atoms with E-state index in [2.05, 4.69) is 21.4 Å². The molecule has 0 spiro atoms. The molecular weight excluding hydrogens is 348 g/mol. The molecule has 26 heavy (non-hydrogen) atoms. The van der Waals surface area contributed by atoms with Crippen molar-refractivity contribution in [3.63, 3.8) is 0 Å². The summed E-state index contributed by atoms with van der Waals surface area (Å²) in [7, 11) is 1.79. The Kier molecular flexibility index (Phi) is 3.96. The van der Waals surface area contributed by atoms with E-state index in [-0.39, 0.29) is 0 Å². The molecule has 7 heteroatoms. The van der Waals surface area contributed by atoms with Crippen molar-refractivity contribution in [2.24, 2.45) is 0 Å². The van der Waals surface area contributed by atoms with E-state index in [1.165, 1.54) is 11.8 Å². The first-order chi connectivity index (χ1) is 12.4. The second-order valence-electron chi connectivity index (χ2n) is 6.46. The van der Waals surface area contributed by atoms with Crippen molar-refractivity contribution in [3.05, 3.63) is 47.7 Å². The molecule has 1 unspecified atom stereocenters. The number of anilines is 3. The zero-order valence-corrected chi connectivity index (χ0v) is 15.5. The number of nitrogens with zero attached hydrogens (tertiary/aromatic N) is 3. The lowest BCUT2D eigenvalue weighted by atomic mass is 10.1. The zero-order chi connectivity index (χ0) is 18.4. The molecule has 2 aromatic carbocycles. The van der Waals surface area contributed by atoms with E-state index >= 15 is 0 Å². The fourth-order valence-corrected chi connectivity index (χ4v) is 4.37. The lowest BCUT2D eigenvalue weighted by molar-refractivity contribution is -0.136. The van der Waals surface area contributed by atoms with E-state index in [0.717, 1.165) is 38.3 Å². The first-order valence-corrected chi connectivity index (χ1v) is 9.08. The molecule has 0 amide bonds. The summed E-state index contributed by atoms with van der Waals surface area (Å²) < 4.78 is 0. The van der Waals surface area contributed by atoms with Gasteiger partial charge in [0.15, 0.2) is 5.37 Å². The van der Waals surface area contributed by atoms with Crippen LogP contribution in [0.1, 0.15) is 11.1 Å². The maximum absolute atomic E-state index is 11.5. The Morgan fingerprint density at radius 2 is 1.96 bits per heavy atom. The Balaban J connectivity index is 1.77. The van der Waals surface area contributed by atoms with Gasteiger partial charge in [-0.25, -0.2) is 14.8 Å². The van der Waals surface area contributed by atoms with Crippen LogP contribution in [0.25, 0.3) is 10.9 Å². The molecule has 2 N–H and O–H groups in total. The topological polar surface area (TPSA) is 78.4 Å². The van der Waals surface area contributed by atoms with Gasteiger partial charge in [-0.2, -0.15) is 0 Å². The van der Waals surface area contributed by atoms with Crippen molar-refractivity contribution in [2.75, 3.05) is 17.3 Å². The van der Waals surface area contributed by atoms with Gasteiger partial charge in [-0.05, 0) is 49.2 Å². The van der Waals surface area contributed by atoms with Gasteiger partial charge in [0.1, 0.15) is 5.52 Å². The van der Waals surface area contributed by atoms with Crippen molar-refractivity contribution in [2.45, 2.75) is 24.1 Å². The number of benzene rings is 2. The number of likely N-dealkylation sites (N-methyl/N-ethyl adjacent to an activating group) is 1. The highest BCUT2D eigenvalue weighted by Gasteiger charge is 2.34. The summed E-state index contributed by atoms with van der Waals surface area (Å²) in [6.07, 6.45) is 1.76. The van der Waals surface area contributed by atoms with E-state index in [1.807, 2.05) is 38.1 Å². The number of thioether (sulfide) groups is 1. The number of carbonyl (C=O) groups is 1. The van der Waals surface area contributed by atoms with E-state index in [0.29, 0.717) is 5.95 Å². The molecule has 6 nitrogen and oxygen atoms in total. The minimum absolute atomic E-state index is 0.494. The van der Waals surface area contributed by atoms with Gasteiger partial charge in [0.2, 0.25) is 5.95 Å². The lowest BCUT2D eigenvalue weighted by Gasteiger charge is -2.18. The Morgan fingerprint density at radius 3 is 2.65 bits per heavy atom. The molecular formula is C19H18N4O2S. The number of aryl methyl sites for hydroxylation is 2. The molecule has 132 valence electrons. The number of carboxylic acid groups (broad SMARTS) is 1. The molecule has 0 bridgehead atoms. The molecule has 2 heterocycles. The van der Waals surface area contributed by atoms with E-state index in [4.69, 9.17) is 0 Å². The maximum Gasteiger partial charge on any atom is 0.337 e. The molecule has 4 rings (SSSR count). The summed E-state index contributed by atoms with van der Waals surface area (Å²) in [6.45, 7) is 4.09. The van der Waals surface area contributed by atoms with Crippen LogP contribution >= 0.6 is 11.8 Å². The third kappa shape index (κ3) is 2.84. The average molecular weight is 366 g/mol. The van der Waals surface area contributed by atoms with Gasteiger partial charge in [0.05, 0.1) is 5.69 Å². The number of fused-ring (bicyclic) bond motifs is 3. The van der Waals surface area contributed by atoms with Gasteiger partial charge in [-0.15, -0.1) is 0 Å². The molecule has 1 aliphatic heterocycles. The highest BCUT2D eigenvalue weighted by Crippen LogP contribution is 2.46. The van der Waals surface area contributed by atoms with Crippen LogP contribution in [-0.4, -0.2) is 33.5 Å². The summed E-state index contributed by atoms with van der Waals surface area (Å²) in [6, 6.07) is 10.1. The van der Waals surface area contributed by atoms with Crippen LogP contribution < -0.4 is 10.2 Å². The minimum atomic E-state index is -0.857. The largest absolute Gasteiger partial charge is 0.479 e. The van der Waals surface area contributed by atoms with Crippen LogP contribution in [0, 0.1) is 13.8 Å². The molecule has 0 saturated heterocycles. The van der Waals surface area contributed by atoms with Gasteiger partial charge in [-0.3, -0.25) is 0 Å². The van der Waals surface area contributed by atoms with Crippen LogP contribution in [0.2, 0.25) is 0 Å². The van der Waals surface area contributed by atoms with Crippen LogP contribution in [0.15, 0.2) is 41.4 Å². The van der Waals surface area contributed by atoms with Crippen LogP contribution in [0.3, 0.4) is 0 Å². The highest BCUT2D eigenvalue weighted by atomic mass is 32.2. The second-order valence-corrected chi connectivity index (χ2v) is 7.59. The van der Waals surface area contributed by atoms with Gasteiger partial charge >= 0.3 is 5.97 Å². The van der Waals surface area contributed by atoms with Crippen LogP contribution in [0.5, 0.6) is 0 Å². The first-order valence-electron chi connectivity index (χ1n) is 8.20. The van der Waals surface area contributed by atoms with Gasteiger partial charge in [-0.1, -0.05) is 17.8 Å². The molecule has 0 radical (unpaired) electrons. The molecule has 0 fully saturated rings. The lowest BCUT2D eigenvalue weighted by Crippen LogP contribution is -2.32. The number of nitrogens with one attached hydrogen (secondary N) is 1. The monoisotopic (exact) mass is 366 g/mol. The summed E-state index contributed by atoms with van der Waals surface area (Å²) in [4.78, 5) is 23.2. The number of hydrogen-bond donors (Lipinski definition) is 2. The van der Waals surface area contributed by atoms with Crippen molar-refractivity contribution in [1.29, 1.82) is 0 Å². The Morgan fingerprint density at radius 1 is 1.23 bits per heavy atom. The predicted molar refractivity (Wildman–Crippen MR) is 104 cm³/mol. The summed E-state index contributed by atoms with van der Waals surface area (Å²) in [5.74, 6) is -0.363. The van der Waals surface area contributed by atoms with E-state index in [9.17, 15) is 9.90 Å². The number of aliphatic carboxylic acids is 1. The number of rotatable bonds is 3. The fourth-order valence-electron chi connectivity index (χ4n) is 3.27. The minimum Gasteiger partial charge on any atom is -0.479 e. The smallest absolute Gasteiger partial charge is 0.337 e. The molecule has 1 aromatic heterocycles. The van der Waals surface area contributed by atoms with Gasteiger partial charge < -0.3 is 15.3 Å². The first kappa shape index (κ1) is 16.7. The zero-order valence-electron chi connectivity index (χ0n) is 14.6. The summed E-state index contributed by atoms with van der Waals surface area (Å²) in [5.41, 5.74) is 4.85. The SMILES string of the molecule is Cc1cc(C)cc(Nc2ncc3ccc4c(c3n2)N(C)C(C(=O)O)S4)c1. The molecule has 0 saturated carbocycles. The van der Waals surface area contributed by atoms with Crippen molar-refractivity contribution in [3.8, 4) is 0 Å². The van der Waals surface area contributed by atoms with Gasteiger partial charge in [0.25, 0.3) is 0 Å². The van der Waals surface area contributed by atoms with Crippen molar-refractivity contribution in [1.82, 2.24) is 9.97 Å². The third-order valence-corrected chi connectivity index (χ3v) is 5.65. The standard InChI is InChI=1S/C19H18N4O2S/c1-10-6-11(2)8-13(7-10)21-19-20-9-12-4-5-14-16(15(12)22-19)23(3)17(26-14)18(24)25/h4-9,17H,1-3H3,(H,24,25)(H,20,21,22). The molecule has 0 aliphatic carbocycles. The van der Waals surface area contributed by atoms with Gasteiger partial charge in [0, 0.05) is 29.2 Å². The van der Waals surface area contributed by atoms with E-state index in [1.54, 1.807) is 18.1 Å². The molecule has 1 aliphatic rings. The Hall–Kier alpha value is -2.80. The number of carboxylic acids is 1. The second kappa shape index (κ2) is 6.17. The highest BCUT2D eigenvalue weighted by molar-refractivity contribution is 8.01. The van der Waals surface area contributed by atoms with Crippen molar-refractivity contribution < 1.29 is 9.90 Å². The predicted octanol–water partition coefficient (Wildman–Crippen LogP) is 3.94. The quantitative estimate of drug-likeness (QED) is 0.727. The fraction of sp³-hybridized carbons (Fsp3) is 0.211. The third-order valence-electron chi connectivity index (χ3n) is 4.32. The Labute approximate surface area is 155 Å². The Bertz CT molecular complexity index is 1020. The summed E-state index contributed by atoms with van der Waals surface area (Å²) >= 11 is 1.33. The van der Waals surface area contributed by atoms with Crippen LogP contribution in [-0.2, 0) is 4.79 Å². The molecule has 3 aromatic rings. The summed E-state index contributed by atoms with van der Waals surface area (Å²) in [5, 5.41) is 12.9.